The molecule has 148 valence electrons. The van der Waals surface area contributed by atoms with Crippen molar-refractivity contribution in [1.29, 1.82) is 0 Å². The van der Waals surface area contributed by atoms with E-state index >= 15 is 0 Å². The molecule has 5 atom stereocenters. The monoisotopic (exact) mass is 372 g/mol. The zero-order chi connectivity index (χ0) is 18.8. The number of amides is 1. The van der Waals surface area contributed by atoms with E-state index in [-0.39, 0.29) is 24.5 Å². The van der Waals surface area contributed by atoms with Crippen LogP contribution in [0.25, 0.3) is 0 Å². The second-order valence-corrected chi connectivity index (χ2v) is 8.41. The number of carbonyl (C=O) groups excluding carboxylic acids is 1. The van der Waals surface area contributed by atoms with Crippen molar-refractivity contribution in [3.63, 3.8) is 0 Å². The Bertz CT molecular complexity index is 640. The van der Waals surface area contributed by atoms with Crippen molar-refractivity contribution in [3.8, 4) is 0 Å². The van der Waals surface area contributed by atoms with Crippen molar-refractivity contribution in [1.82, 2.24) is 20.4 Å². The predicted octanol–water partition coefficient (Wildman–Crippen LogP) is 1.38. The molecule has 1 aromatic rings. The Balaban J connectivity index is 1.45. The number of morpholine rings is 1. The Morgan fingerprint density at radius 3 is 2.78 bits per heavy atom. The second kappa shape index (κ2) is 8.27. The van der Waals surface area contributed by atoms with Crippen LogP contribution in [0.2, 0.25) is 0 Å². The molecule has 1 aromatic carbocycles. The highest BCUT2D eigenvalue weighted by Crippen LogP contribution is 2.28. The molecule has 2 N–H and O–H groups in total. The van der Waals surface area contributed by atoms with Crippen LogP contribution >= 0.6 is 0 Å². The van der Waals surface area contributed by atoms with Crippen molar-refractivity contribution in [2.75, 3.05) is 26.2 Å². The number of ether oxygens (including phenoxy) is 1. The van der Waals surface area contributed by atoms with E-state index in [4.69, 9.17) is 4.74 Å². The van der Waals surface area contributed by atoms with E-state index in [1.165, 1.54) is 12.0 Å². The van der Waals surface area contributed by atoms with Gasteiger partial charge in [0.2, 0.25) is 5.91 Å². The SMILES string of the molecule is CC1C[C@H](Cc2ccccc2)N(C2NC(=O)CC(N3CCO[C@H](C)C3)N2)C1. The summed E-state index contributed by atoms with van der Waals surface area (Å²) in [5.41, 5.74) is 1.36. The minimum absolute atomic E-state index is 0.0865. The van der Waals surface area contributed by atoms with Gasteiger partial charge in [0.1, 0.15) is 6.29 Å². The standard InChI is InChI=1S/C21H32N4O2/c1-15-10-18(11-17-6-4-3-5-7-17)25(13-15)21-22-19(12-20(26)23-21)24-8-9-27-16(2)14-24/h3-7,15-16,18-19,21-22H,8-14H2,1-2H3,(H,23,26)/t15?,16-,18-,19?,21?/m1/s1. The van der Waals surface area contributed by atoms with Crippen LogP contribution in [0.1, 0.15) is 32.3 Å². The number of carbonyl (C=O) groups is 1. The molecule has 1 amide bonds. The lowest BCUT2D eigenvalue weighted by molar-refractivity contribution is -0.132. The quantitative estimate of drug-likeness (QED) is 0.836. The average molecular weight is 373 g/mol. The van der Waals surface area contributed by atoms with Crippen molar-refractivity contribution in [3.05, 3.63) is 35.9 Å². The summed E-state index contributed by atoms with van der Waals surface area (Å²) >= 11 is 0. The molecule has 6 heteroatoms. The van der Waals surface area contributed by atoms with Crippen LogP contribution in [0.15, 0.2) is 30.3 Å². The summed E-state index contributed by atoms with van der Waals surface area (Å²) in [5, 5.41) is 6.91. The Labute approximate surface area is 162 Å². The largest absolute Gasteiger partial charge is 0.376 e. The van der Waals surface area contributed by atoms with Gasteiger partial charge in [-0.15, -0.1) is 0 Å². The first kappa shape index (κ1) is 18.9. The fourth-order valence-corrected chi connectivity index (χ4v) is 4.80. The lowest BCUT2D eigenvalue weighted by Gasteiger charge is -2.45. The Morgan fingerprint density at radius 1 is 1.19 bits per heavy atom. The van der Waals surface area contributed by atoms with Crippen LogP contribution in [0.3, 0.4) is 0 Å². The topological polar surface area (TPSA) is 56.8 Å². The van der Waals surface area contributed by atoms with Gasteiger partial charge >= 0.3 is 0 Å². The molecule has 3 aliphatic heterocycles. The van der Waals surface area contributed by atoms with E-state index in [0.717, 1.165) is 32.7 Å². The maximum Gasteiger partial charge on any atom is 0.225 e. The normalized spacial score (nSPS) is 35.9. The number of nitrogens with zero attached hydrogens (tertiary/aromatic N) is 2. The number of hydrogen-bond acceptors (Lipinski definition) is 5. The van der Waals surface area contributed by atoms with Gasteiger partial charge in [0.25, 0.3) is 0 Å². The fraction of sp³-hybridized carbons (Fsp3) is 0.667. The molecule has 3 aliphatic rings. The van der Waals surface area contributed by atoms with Crippen LogP contribution < -0.4 is 10.6 Å². The summed E-state index contributed by atoms with van der Waals surface area (Å²) in [6.45, 7) is 7.92. The van der Waals surface area contributed by atoms with Crippen molar-refractivity contribution in [2.45, 2.75) is 57.7 Å². The molecule has 4 rings (SSSR count). The van der Waals surface area contributed by atoms with Gasteiger partial charge in [0, 0.05) is 25.7 Å². The van der Waals surface area contributed by atoms with E-state index in [2.05, 4.69) is 64.6 Å². The molecule has 0 aliphatic carbocycles. The average Bonchev–Trinajstić information content (AvgIpc) is 3.02. The fourth-order valence-electron chi connectivity index (χ4n) is 4.80. The van der Waals surface area contributed by atoms with Crippen LogP contribution in [-0.2, 0) is 16.0 Å². The number of hydrogen-bond donors (Lipinski definition) is 2. The number of nitrogens with one attached hydrogen (secondary N) is 2. The summed E-state index contributed by atoms with van der Waals surface area (Å²) in [6.07, 6.45) is 2.93. The first-order valence-electron chi connectivity index (χ1n) is 10.3. The van der Waals surface area contributed by atoms with Crippen LogP contribution in [-0.4, -0.2) is 66.5 Å². The van der Waals surface area contributed by atoms with Gasteiger partial charge in [0.05, 0.1) is 25.3 Å². The zero-order valence-corrected chi connectivity index (χ0v) is 16.4. The van der Waals surface area contributed by atoms with Gasteiger partial charge in [-0.05, 0) is 31.2 Å². The Morgan fingerprint density at radius 2 is 2.00 bits per heavy atom. The van der Waals surface area contributed by atoms with Crippen LogP contribution in [0.5, 0.6) is 0 Å². The van der Waals surface area contributed by atoms with Gasteiger partial charge in [0.15, 0.2) is 0 Å². The first-order chi connectivity index (χ1) is 13.1. The van der Waals surface area contributed by atoms with Gasteiger partial charge in [-0.1, -0.05) is 37.3 Å². The van der Waals surface area contributed by atoms with E-state index in [1.807, 2.05) is 0 Å². The molecule has 6 nitrogen and oxygen atoms in total. The Hall–Kier alpha value is -1.47. The lowest BCUT2D eigenvalue weighted by atomic mass is 10.0. The van der Waals surface area contributed by atoms with Gasteiger partial charge in [-0.25, -0.2) is 0 Å². The first-order valence-corrected chi connectivity index (χ1v) is 10.3. The summed E-state index contributed by atoms with van der Waals surface area (Å²) in [7, 11) is 0. The number of benzene rings is 1. The maximum atomic E-state index is 12.5. The van der Waals surface area contributed by atoms with Crippen molar-refractivity contribution in [2.24, 2.45) is 5.92 Å². The van der Waals surface area contributed by atoms with Crippen LogP contribution in [0, 0.1) is 5.92 Å². The molecule has 3 fully saturated rings. The summed E-state index contributed by atoms with van der Waals surface area (Å²) < 4.78 is 5.67. The molecule has 0 aromatic heterocycles. The van der Waals surface area contributed by atoms with Crippen molar-refractivity contribution >= 4 is 5.91 Å². The smallest absolute Gasteiger partial charge is 0.225 e. The van der Waals surface area contributed by atoms with Gasteiger partial charge in [-0.3, -0.25) is 19.9 Å². The van der Waals surface area contributed by atoms with E-state index < -0.39 is 0 Å². The van der Waals surface area contributed by atoms with Gasteiger partial charge in [-0.2, -0.15) is 0 Å². The molecule has 3 saturated heterocycles. The van der Waals surface area contributed by atoms with Gasteiger partial charge < -0.3 is 10.1 Å². The second-order valence-electron chi connectivity index (χ2n) is 8.41. The third kappa shape index (κ3) is 4.51. The molecule has 0 radical (unpaired) electrons. The molecule has 3 heterocycles. The third-order valence-corrected chi connectivity index (χ3v) is 6.05. The highest BCUT2D eigenvalue weighted by Gasteiger charge is 2.40. The summed E-state index contributed by atoms with van der Waals surface area (Å²) in [5.74, 6) is 0.780. The molecular formula is C21H32N4O2. The maximum absolute atomic E-state index is 12.5. The van der Waals surface area contributed by atoms with E-state index in [9.17, 15) is 4.79 Å². The molecule has 0 saturated carbocycles. The van der Waals surface area contributed by atoms with Crippen LogP contribution in [0.4, 0.5) is 0 Å². The van der Waals surface area contributed by atoms with E-state index in [0.29, 0.717) is 18.4 Å². The molecular weight excluding hydrogens is 340 g/mol. The number of likely N-dealkylation sites (tertiary alicyclic amines) is 1. The zero-order valence-electron chi connectivity index (χ0n) is 16.4. The third-order valence-electron chi connectivity index (χ3n) is 6.05. The molecule has 27 heavy (non-hydrogen) atoms. The molecule has 3 unspecified atom stereocenters. The number of rotatable bonds is 4. The van der Waals surface area contributed by atoms with Crippen molar-refractivity contribution < 1.29 is 9.53 Å². The minimum Gasteiger partial charge on any atom is -0.376 e. The van der Waals surface area contributed by atoms with E-state index in [1.54, 1.807) is 0 Å². The lowest BCUT2D eigenvalue weighted by Crippen LogP contribution is -2.69. The predicted molar refractivity (Wildman–Crippen MR) is 105 cm³/mol. The minimum atomic E-state index is -0.0898. The summed E-state index contributed by atoms with van der Waals surface area (Å²) in [4.78, 5) is 17.3. The molecule has 0 bridgehead atoms. The highest BCUT2D eigenvalue weighted by atomic mass is 16.5. The highest BCUT2D eigenvalue weighted by molar-refractivity contribution is 5.77. The Kier molecular flexibility index (Phi) is 5.78. The molecule has 0 spiro atoms. The summed E-state index contributed by atoms with van der Waals surface area (Å²) in [6, 6.07) is 11.1.